The lowest BCUT2D eigenvalue weighted by Crippen LogP contribution is -2.49. The van der Waals surface area contributed by atoms with Crippen molar-refractivity contribution >= 4 is 52.1 Å². The molecule has 2 N–H and O–H groups in total. The van der Waals surface area contributed by atoms with Crippen molar-refractivity contribution in [2.45, 2.75) is 69.7 Å². The first-order valence-electron chi connectivity index (χ1n) is 11.2. The molecule has 0 radical (unpaired) electrons. The van der Waals surface area contributed by atoms with Gasteiger partial charge in [-0.25, -0.2) is 0 Å². The van der Waals surface area contributed by atoms with Crippen LogP contribution in [0, 0.1) is 5.92 Å². The number of guanidine groups is 1. The molecule has 4 unspecified atom stereocenters. The fourth-order valence-corrected chi connectivity index (χ4v) is 6.77. The molecule has 0 aromatic carbocycles. The molecule has 1 aliphatic carbocycles. The Hall–Kier alpha value is -0.190. The minimum atomic E-state index is -0.694. The van der Waals surface area contributed by atoms with Crippen molar-refractivity contribution < 1.29 is 4.21 Å². The molecule has 1 aromatic heterocycles. The Balaban J connectivity index is 0.00000320. The highest BCUT2D eigenvalue weighted by Gasteiger charge is 2.28. The summed E-state index contributed by atoms with van der Waals surface area (Å²) < 4.78 is 12.2. The van der Waals surface area contributed by atoms with E-state index in [-0.39, 0.29) is 24.0 Å². The molecule has 0 amide bonds. The lowest BCUT2D eigenvalue weighted by Gasteiger charge is -2.37. The second kappa shape index (κ2) is 13.4. The first-order valence-corrected chi connectivity index (χ1v) is 13.5. The second-order valence-electron chi connectivity index (χ2n) is 8.50. The van der Waals surface area contributed by atoms with Crippen LogP contribution in [0.15, 0.2) is 22.5 Å². The highest BCUT2D eigenvalue weighted by Crippen LogP contribution is 2.29. The highest BCUT2D eigenvalue weighted by molar-refractivity contribution is 14.0. The summed E-state index contributed by atoms with van der Waals surface area (Å²) in [6, 6.07) is 5.18. The van der Waals surface area contributed by atoms with E-state index < -0.39 is 10.8 Å². The summed E-state index contributed by atoms with van der Waals surface area (Å²) >= 11 is 1.85. The molecule has 3 rings (SSSR count). The number of piperidine rings is 1. The zero-order valence-electron chi connectivity index (χ0n) is 18.6. The molecule has 2 aliphatic rings. The van der Waals surface area contributed by atoms with E-state index in [0.29, 0.717) is 17.3 Å². The molecular weight excluding hydrogens is 527 g/mol. The number of nitrogens with one attached hydrogen (secondary N) is 2. The van der Waals surface area contributed by atoms with Gasteiger partial charge in [0.25, 0.3) is 0 Å². The number of hydrogen-bond donors (Lipinski definition) is 2. The average molecular weight is 567 g/mol. The van der Waals surface area contributed by atoms with Crippen molar-refractivity contribution in [2.75, 3.05) is 32.4 Å². The van der Waals surface area contributed by atoms with Crippen molar-refractivity contribution in [2.24, 2.45) is 10.9 Å². The number of likely N-dealkylation sites (tertiary alicyclic amines) is 1. The van der Waals surface area contributed by atoms with Crippen LogP contribution in [0.25, 0.3) is 0 Å². The van der Waals surface area contributed by atoms with Gasteiger partial charge in [-0.3, -0.25) is 14.1 Å². The van der Waals surface area contributed by atoms with Gasteiger partial charge in [0.2, 0.25) is 0 Å². The average Bonchev–Trinajstić information content (AvgIpc) is 3.28. The van der Waals surface area contributed by atoms with Crippen LogP contribution in [0.1, 0.15) is 63.3 Å². The van der Waals surface area contributed by atoms with Crippen LogP contribution in [0.3, 0.4) is 0 Å². The standard InChI is InChI=1S/C22H38N4OS2.HI/c1-4-29(27)19-8-5-7-18(15-19)25-22(23-3)24-16-20(21-9-6-14-28-21)26-12-10-17(2)11-13-26;/h6,9,14,17-20H,4-5,7-8,10-13,15-16H2,1-3H3,(H2,23,24,25);1H. The number of halogens is 1. The van der Waals surface area contributed by atoms with Gasteiger partial charge >= 0.3 is 0 Å². The van der Waals surface area contributed by atoms with Crippen molar-refractivity contribution in [3.63, 3.8) is 0 Å². The van der Waals surface area contributed by atoms with E-state index in [4.69, 9.17) is 0 Å². The van der Waals surface area contributed by atoms with Gasteiger partial charge in [-0.2, -0.15) is 0 Å². The molecule has 1 aliphatic heterocycles. The lowest BCUT2D eigenvalue weighted by atomic mass is 9.95. The predicted molar refractivity (Wildman–Crippen MR) is 142 cm³/mol. The van der Waals surface area contributed by atoms with Gasteiger partial charge < -0.3 is 10.6 Å². The van der Waals surface area contributed by atoms with Gasteiger partial charge in [0.15, 0.2) is 5.96 Å². The summed E-state index contributed by atoms with van der Waals surface area (Å²) in [4.78, 5) is 8.55. The summed E-state index contributed by atoms with van der Waals surface area (Å²) in [6.07, 6.45) is 6.93. The highest BCUT2D eigenvalue weighted by atomic mass is 127. The Labute approximate surface area is 206 Å². The predicted octanol–water partition coefficient (Wildman–Crippen LogP) is 4.38. The molecule has 1 aromatic rings. The van der Waals surface area contributed by atoms with Crippen molar-refractivity contribution in [1.82, 2.24) is 15.5 Å². The monoisotopic (exact) mass is 566 g/mol. The summed E-state index contributed by atoms with van der Waals surface area (Å²) in [6.45, 7) is 7.60. The fraction of sp³-hybridized carbons (Fsp3) is 0.773. The van der Waals surface area contributed by atoms with Gasteiger partial charge in [0, 0.05) is 46.3 Å². The van der Waals surface area contributed by atoms with Crippen LogP contribution in [0.2, 0.25) is 0 Å². The Morgan fingerprint density at radius 2 is 2.10 bits per heavy atom. The first-order chi connectivity index (χ1) is 14.1. The maximum Gasteiger partial charge on any atom is 0.191 e. The quantitative estimate of drug-likeness (QED) is 0.292. The van der Waals surface area contributed by atoms with Crippen LogP contribution in [0.5, 0.6) is 0 Å². The third kappa shape index (κ3) is 7.45. The molecule has 8 heteroatoms. The van der Waals surface area contributed by atoms with Crippen LogP contribution in [-0.4, -0.2) is 58.8 Å². The second-order valence-corrected chi connectivity index (χ2v) is 11.5. The molecule has 172 valence electrons. The molecule has 1 saturated carbocycles. The van der Waals surface area contributed by atoms with E-state index in [1.807, 2.05) is 25.3 Å². The summed E-state index contributed by atoms with van der Waals surface area (Å²) in [7, 11) is 1.16. The number of rotatable bonds is 7. The maximum atomic E-state index is 12.2. The molecule has 2 fully saturated rings. The molecule has 0 spiro atoms. The first kappa shape index (κ1) is 26.1. The molecule has 30 heavy (non-hydrogen) atoms. The van der Waals surface area contributed by atoms with E-state index in [2.05, 4.69) is 45.0 Å². The number of aliphatic imine (C=N–C) groups is 1. The van der Waals surface area contributed by atoms with Crippen LogP contribution in [0.4, 0.5) is 0 Å². The van der Waals surface area contributed by atoms with E-state index in [1.165, 1.54) is 30.8 Å². The topological polar surface area (TPSA) is 56.7 Å². The number of nitrogens with zero attached hydrogens (tertiary/aromatic N) is 2. The molecule has 2 heterocycles. The molecule has 0 bridgehead atoms. The summed E-state index contributed by atoms with van der Waals surface area (Å²) in [5, 5.41) is 9.72. The van der Waals surface area contributed by atoms with Crippen LogP contribution < -0.4 is 10.6 Å². The summed E-state index contributed by atoms with van der Waals surface area (Å²) in [5.41, 5.74) is 0. The summed E-state index contributed by atoms with van der Waals surface area (Å²) in [5.74, 6) is 2.48. The number of thiophene rings is 1. The fourth-order valence-electron chi connectivity index (χ4n) is 4.56. The molecule has 1 saturated heterocycles. The van der Waals surface area contributed by atoms with Crippen LogP contribution in [-0.2, 0) is 10.8 Å². The zero-order valence-corrected chi connectivity index (χ0v) is 22.6. The van der Waals surface area contributed by atoms with E-state index in [1.54, 1.807) is 0 Å². The molecular formula is C22H39IN4OS2. The smallest absolute Gasteiger partial charge is 0.191 e. The largest absolute Gasteiger partial charge is 0.354 e. The Bertz CT molecular complexity index is 662. The van der Waals surface area contributed by atoms with Gasteiger partial charge in [-0.1, -0.05) is 26.3 Å². The van der Waals surface area contributed by atoms with E-state index >= 15 is 0 Å². The minimum Gasteiger partial charge on any atom is -0.354 e. The van der Waals surface area contributed by atoms with Crippen molar-refractivity contribution in [1.29, 1.82) is 0 Å². The van der Waals surface area contributed by atoms with Gasteiger partial charge in [0.1, 0.15) is 0 Å². The SMILES string of the molecule is CCS(=O)C1CCCC(NC(=NC)NCC(c2cccs2)N2CCC(C)CC2)C1.I. The third-order valence-corrected chi connectivity index (χ3v) is 9.15. The third-order valence-electron chi connectivity index (χ3n) is 6.44. The minimum absolute atomic E-state index is 0. The van der Waals surface area contributed by atoms with Crippen molar-refractivity contribution in [3.05, 3.63) is 22.4 Å². The van der Waals surface area contributed by atoms with Crippen LogP contribution >= 0.6 is 35.3 Å². The number of hydrogen-bond acceptors (Lipinski definition) is 4. The molecule has 5 nitrogen and oxygen atoms in total. The lowest BCUT2D eigenvalue weighted by molar-refractivity contribution is 0.140. The molecule has 4 atom stereocenters. The normalized spacial score (nSPS) is 25.9. The van der Waals surface area contributed by atoms with Gasteiger partial charge in [-0.15, -0.1) is 35.3 Å². The van der Waals surface area contributed by atoms with Gasteiger partial charge in [-0.05, 0) is 62.6 Å². The maximum absolute atomic E-state index is 12.2. The Morgan fingerprint density at radius 1 is 1.33 bits per heavy atom. The van der Waals surface area contributed by atoms with Crippen molar-refractivity contribution in [3.8, 4) is 0 Å². The Kier molecular flexibility index (Phi) is 11.6. The van der Waals surface area contributed by atoms with Gasteiger partial charge in [0.05, 0.1) is 6.04 Å². The van der Waals surface area contributed by atoms with E-state index in [9.17, 15) is 4.21 Å². The Morgan fingerprint density at radius 3 is 2.73 bits per heavy atom. The van der Waals surface area contributed by atoms with E-state index in [0.717, 1.165) is 49.9 Å². The zero-order chi connectivity index (χ0) is 20.6.